The molecule has 9 atom stereocenters. The second-order valence-corrected chi connectivity index (χ2v) is 36.2. The summed E-state index contributed by atoms with van der Waals surface area (Å²) < 4.78 is 64.9. The van der Waals surface area contributed by atoms with Gasteiger partial charge in [-0.3, -0.25) is 38.6 Å². The number of aliphatic hydroxyl groups is 2. The fourth-order valence-electron chi connectivity index (χ4n) is 14.2. The van der Waals surface area contributed by atoms with Crippen molar-refractivity contribution in [2.75, 3.05) is 86.1 Å². The van der Waals surface area contributed by atoms with Gasteiger partial charge in [0.2, 0.25) is 17.7 Å². The van der Waals surface area contributed by atoms with E-state index in [1.165, 1.54) is 103 Å². The van der Waals surface area contributed by atoms with Gasteiger partial charge in [0.1, 0.15) is 55.4 Å². The van der Waals surface area contributed by atoms with Crippen molar-refractivity contribution in [1.82, 2.24) is 26.6 Å². The maximum atomic E-state index is 14.1. The predicted octanol–water partition coefficient (Wildman–Crippen LogP) is 12.3. The fraction of sp³-hybridized carbons (Fsp3) is 0.832. The van der Waals surface area contributed by atoms with E-state index in [9.17, 15) is 58.2 Å². The summed E-state index contributed by atoms with van der Waals surface area (Å²) in [5.74, 6) is -3.82. The molecule has 0 saturated heterocycles. The van der Waals surface area contributed by atoms with Crippen molar-refractivity contribution < 1.29 is 159 Å². The van der Waals surface area contributed by atoms with Gasteiger partial charge in [-0.2, -0.15) is 13.9 Å². The SMILES string of the molecule is CCCCCC/C=C\CCCC(=O)OC(CCCCCCC)CCOCC(CO[P+]([O-])(O)OCCNC(=O)C(Cc1ccc(OCCNC)cc1)C(=O)NCCOP(=O)([O-])OCC(COCCC(CCCCCCC)OC(O)CCC/C=C\CCCCCC)NC(O)CC(=O)CCCCCCCCCCC)NC(=O)CC(=O)CCCCCCCCCCC.[Na+].[Na+]. The normalized spacial score (nSPS) is 14.3. The van der Waals surface area contributed by atoms with Gasteiger partial charge in [0, 0.05) is 58.3 Å². The molecule has 8 N–H and O–H groups in total. The Labute approximate surface area is 801 Å². The van der Waals surface area contributed by atoms with Gasteiger partial charge >= 0.3 is 73.3 Å². The summed E-state index contributed by atoms with van der Waals surface area (Å²) in [5.41, 5.74) is 0.555. The van der Waals surface area contributed by atoms with Gasteiger partial charge in [-0.1, -0.05) is 277 Å². The third-order valence-electron chi connectivity index (χ3n) is 21.6. The van der Waals surface area contributed by atoms with Crippen LogP contribution in [0.5, 0.6) is 5.75 Å². The standard InChI is InChI=1S/C95H175N5O21P2.2Na/c1-8-14-20-26-30-34-38-44-48-54-84(101)75-90(103)99-82(77-113-69-64-87(56-50-42-24-18-12-5)120-92(105)58-52-46-40-36-32-28-22-16-10-3)79-118-122(109,110)116-72-67-97-94(107)89(74-81-60-62-86(63-61-81)115-71-66-96-7)95(108)98-68-73-117-123(111,112)119-80-83(100-91(104)76-85(102)55-49-45-39-35-31-27-21-15-9-2)78-114-70-65-88(57-51-43-25-19-13-6)121-93(106)59-53-47-41-37-33-29-23-17-11-4;;/h36-37,40-41,60-63,82-83,87-90,92,96,99,103,105H,8-35,38-39,42-59,64-80H2,1-7H3,(H,97,107)(H,98,108)(H,100,104)(H,109,110)(H,111,112);;/q;2*+1/p-1/b40-36-,41-37-;;. The molecule has 0 spiro atoms. The van der Waals surface area contributed by atoms with Gasteiger partial charge in [-0.05, 0) is 127 Å². The smallest absolute Gasteiger partial charge is 0.756 e. The van der Waals surface area contributed by atoms with Crippen LogP contribution in [0.25, 0.3) is 0 Å². The molecule has 0 aliphatic carbocycles. The maximum absolute atomic E-state index is 14.1. The number of phosphoric acid groups is 2. The van der Waals surface area contributed by atoms with E-state index in [0.29, 0.717) is 82.3 Å². The Bertz CT molecular complexity index is 2830. The molecule has 0 bridgehead atoms. The number of rotatable bonds is 92. The molecule has 9 unspecified atom stereocenters. The first-order valence-electron chi connectivity index (χ1n) is 48.5. The van der Waals surface area contributed by atoms with Crippen LogP contribution in [0, 0.1) is 5.92 Å². The van der Waals surface area contributed by atoms with Gasteiger partial charge in [0.05, 0.1) is 57.6 Å². The van der Waals surface area contributed by atoms with Crippen LogP contribution in [0.1, 0.15) is 381 Å². The Morgan fingerprint density at radius 3 is 1.46 bits per heavy atom. The summed E-state index contributed by atoms with van der Waals surface area (Å²) in [6.07, 6.45) is 52.8. The van der Waals surface area contributed by atoms with Gasteiger partial charge in [0.15, 0.2) is 6.29 Å². The summed E-state index contributed by atoms with van der Waals surface area (Å²) in [5, 5.41) is 36.0. The number of hydrogen-bond acceptors (Lipinski definition) is 23. The van der Waals surface area contributed by atoms with Crippen molar-refractivity contribution in [1.29, 1.82) is 0 Å². The molecule has 30 heteroatoms. The van der Waals surface area contributed by atoms with E-state index in [0.717, 1.165) is 148 Å². The third kappa shape index (κ3) is 79.0. The quantitative estimate of drug-likeness (QED) is 0.00571. The Morgan fingerprint density at radius 2 is 0.928 bits per heavy atom. The van der Waals surface area contributed by atoms with Crippen molar-refractivity contribution >= 4 is 51.3 Å². The molecule has 0 saturated carbocycles. The summed E-state index contributed by atoms with van der Waals surface area (Å²) in [7, 11) is -8.28. The van der Waals surface area contributed by atoms with Crippen LogP contribution in [-0.2, 0) is 76.8 Å². The van der Waals surface area contributed by atoms with E-state index in [4.69, 9.17) is 41.8 Å². The zero-order valence-electron chi connectivity index (χ0n) is 79.7. The number of allylic oxidation sites excluding steroid dienone is 4. The number of Topliss-reactive ketones (excluding diaryl/α,β-unsaturated/α-hetero) is 2. The maximum Gasteiger partial charge on any atom is 1.00 e. The Hall–Kier alpha value is -2.18. The Balaban J connectivity index is 0. The number of carbonyl (C=O) groups is 6. The second kappa shape index (κ2) is 88.4. The number of nitrogens with one attached hydrogen (secondary N) is 5. The van der Waals surface area contributed by atoms with Crippen LogP contribution in [0.2, 0.25) is 0 Å². The Kier molecular flexibility index (Phi) is 88.3. The average Bonchev–Trinajstić information content (AvgIpc) is 1.15. The summed E-state index contributed by atoms with van der Waals surface area (Å²) >= 11 is 0. The van der Waals surface area contributed by atoms with Gasteiger partial charge in [0.25, 0.3) is 7.82 Å². The minimum atomic E-state index is -5.14. The molecular formula is C95H174N5Na2O21P2+. The van der Waals surface area contributed by atoms with Crippen molar-refractivity contribution in [3.8, 4) is 5.75 Å². The van der Waals surface area contributed by atoms with Crippen LogP contribution in [-0.4, -0.2) is 173 Å². The summed E-state index contributed by atoms with van der Waals surface area (Å²) in [6, 6.07) is 4.77. The molecular weight excluding hydrogens is 1650 g/mol. The van der Waals surface area contributed by atoms with Crippen molar-refractivity contribution in [3.63, 3.8) is 0 Å². The number of ether oxygens (including phenoxy) is 5. The molecule has 125 heavy (non-hydrogen) atoms. The molecule has 1 rings (SSSR count). The second-order valence-electron chi connectivity index (χ2n) is 33.3. The first-order valence-corrected chi connectivity index (χ1v) is 51.5. The number of ketones is 2. The molecule has 0 radical (unpaired) electrons. The molecule has 1 aromatic rings. The first kappa shape index (κ1) is 125. The number of carbonyl (C=O) groups excluding carboxylic acids is 6. The largest absolute Gasteiger partial charge is 1.00 e. The van der Waals surface area contributed by atoms with Crippen molar-refractivity contribution in [2.45, 2.75) is 419 Å². The molecule has 0 aliphatic rings. The molecule has 3 amide bonds. The minimum absolute atomic E-state index is 0. The fourth-order valence-corrected chi connectivity index (χ4v) is 15.7. The van der Waals surface area contributed by atoms with Crippen LogP contribution >= 0.6 is 16.0 Å². The summed E-state index contributed by atoms with van der Waals surface area (Å²) in [4.78, 5) is 119. The number of aliphatic hydroxyl groups excluding tert-OH is 2. The van der Waals surface area contributed by atoms with Crippen LogP contribution in [0.3, 0.4) is 0 Å². The van der Waals surface area contributed by atoms with E-state index in [-0.39, 0.29) is 141 Å². The van der Waals surface area contributed by atoms with Crippen molar-refractivity contribution in [2.24, 2.45) is 5.92 Å². The number of hydrogen-bond donors (Lipinski definition) is 8. The minimum Gasteiger partial charge on any atom is -0.756 e. The van der Waals surface area contributed by atoms with E-state index in [2.05, 4.69) is 92.4 Å². The first-order chi connectivity index (χ1) is 59.6. The van der Waals surface area contributed by atoms with Gasteiger partial charge in [-0.15, -0.1) is 0 Å². The molecule has 1 aromatic carbocycles. The number of benzene rings is 1. The van der Waals surface area contributed by atoms with Crippen LogP contribution < -0.4 is 100 Å². The molecule has 0 aromatic heterocycles. The van der Waals surface area contributed by atoms with E-state index >= 15 is 0 Å². The molecule has 0 fully saturated rings. The average molecular weight is 1830 g/mol. The number of amides is 3. The van der Waals surface area contributed by atoms with Gasteiger partial charge < -0.3 is 74.0 Å². The third-order valence-corrected chi connectivity index (χ3v) is 23.5. The zero-order chi connectivity index (χ0) is 90.2. The van der Waals surface area contributed by atoms with E-state index in [1.54, 1.807) is 31.3 Å². The van der Waals surface area contributed by atoms with Crippen molar-refractivity contribution in [3.05, 3.63) is 54.1 Å². The molecule has 716 valence electrons. The summed E-state index contributed by atoms with van der Waals surface area (Å²) in [6.45, 7) is 10.8. The number of likely N-dealkylation sites (N-methyl/N-ethyl adjacent to an activating group) is 1. The van der Waals surface area contributed by atoms with E-state index < -0.39 is 110 Å². The van der Waals surface area contributed by atoms with Gasteiger partial charge in [-0.25, -0.2) is 0 Å². The molecule has 26 nitrogen and oxygen atoms in total. The predicted molar refractivity (Wildman–Crippen MR) is 489 cm³/mol. The zero-order valence-corrected chi connectivity index (χ0v) is 85.5. The number of unbranched alkanes of at least 4 members (excludes halogenated alkanes) is 34. The monoisotopic (exact) mass is 1830 g/mol. The van der Waals surface area contributed by atoms with E-state index in [1.807, 2.05) is 0 Å². The number of phosphoric ester groups is 2. The molecule has 0 aliphatic heterocycles. The van der Waals surface area contributed by atoms with Crippen LogP contribution in [0.4, 0.5) is 0 Å². The number of esters is 1. The molecule has 0 heterocycles. The topological polar surface area (TPSA) is 370 Å². The van der Waals surface area contributed by atoms with Crippen LogP contribution in [0.15, 0.2) is 48.6 Å². The Morgan fingerprint density at radius 1 is 0.472 bits per heavy atom.